The van der Waals surface area contributed by atoms with Gasteiger partial charge in [0.1, 0.15) is 0 Å². The Morgan fingerprint density at radius 1 is 0.881 bits per heavy atom. The number of nitrogens with zero attached hydrogens (tertiary/aromatic N) is 2. The summed E-state index contributed by atoms with van der Waals surface area (Å²) in [6.07, 6.45) is -12.1. The lowest BCUT2D eigenvalue weighted by Gasteiger charge is -2.42. The van der Waals surface area contributed by atoms with Gasteiger partial charge in [0.25, 0.3) is 0 Å². The van der Waals surface area contributed by atoms with Gasteiger partial charge in [0.2, 0.25) is 0 Å². The summed E-state index contributed by atoms with van der Waals surface area (Å²) >= 11 is 0. The largest absolute Gasteiger partial charge is 0.533 e. The number of benzene rings is 2. The number of alkyl halides is 6. The number of rotatable bonds is 8. The normalized spacial score (nSPS) is 16.8. The molecule has 9 nitrogen and oxygen atoms in total. The Hall–Kier alpha value is -4.04. The van der Waals surface area contributed by atoms with Crippen molar-refractivity contribution >= 4 is 17.9 Å². The van der Waals surface area contributed by atoms with Gasteiger partial charge in [-0.05, 0) is 57.0 Å². The molecule has 0 aliphatic carbocycles. The molecule has 1 aliphatic heterocycles. The second-order valence-electron chi connectivity index (χ2n) is 9.21. The maximum atomic E-state index is 13.6. The lowest BCUT2D eigenvalue weighted by atomic mass is 9.91. The third-order valence-corrected chi connectivity index (χ3v) is 6.41. The van der Waals surface area contributed by atoms with Crippen LogP contribution in [0.2, 0.25) is 0 Å². The first-order valence-corrected chi connectivity index (χ1v) is 12.8. The minimum absolute atomic E-state index is 0.0118. The molecule has 0 fully saturated rings. The molecule has 0 radical (unpaired) electrons. The molecule has 1 heterocycles. The Balaban J connectivity index is 2.19. The van der Waals surface area contributed by atoms with Gasteiger partial charge in [-0.25, -0.2) is 9.59 Å². The molecule has 2 atom stereocenters. The molecule has 2 aromatic rings. The highest BCUT2D eigenvalue weighted by atomic mass is 19.4. The molecule has 232 valence electrons. The Labute approximate surface area is 237 Å². The predicted octanol–water partition coefficient (Wildman–Crippen LogP) is 7.13. The van der Waals surface area contributed by atoms with Gasteiger partial charge in [-0.1, -0.05) is 0 Å². The molecule has 0 N–H and O–H groups in total. The number of halogens is 6. The minimum atomic E-state index is -5.08. The molecule has 1 amide bonds. The van der Waals surface area contributed by atoms with Gasteiger partial charge in [0, 0.05) is 18.2 Å². The fourth-order valence-corrected chi connectivity index (χ4v) is 4.60. The smallest absolute Gasteiger partial charge is 0.493 e. The van der Waals surface area contributed by atoms with Crippen molar-refractivity contribution in [3.8, 4) is 11.5 Å². The zero-order valence-electron chi connectivity index (χ0n) is 23.4. The second kappa shape index (κ2) is 12.9. The van der Waals surface area contributed by atoms with Crippen molar-refractivity contribution in [1.29, 1.82) is 0 Å². The van der Waals surface area contributed by atoms with Crippen LogP contribution in [0.15, 0.2) is 30.3 Å². The van der Waals surface area contributed by atoms with E-state index in [9.17, 15) is 35.9 Å². The molecule has 42 heavy (non-hydrogen) atoms. The van der Waals surface area contributed by atoms with Crippen molar-refractivity contribution in [2.24, 2.45) is 0 Å². The number of anilines is 1. The number of hydrogen-bond donors (Lipinski definition) is 0. The summed E-state index contributed by atoms with van der Waals surface area (Å²) in [6, 6.07) is 2.43. The van der Waals surface area contributed by atoms with Crippen molar-refractivity contribution < 1.29 is 59.7 Å². The van der Waals surface area contributed by atoms with Crippen molar-refractivity contribution in [1.82, 2.24) is 4.90 Å². The first-order chi connectivity index (χ1) is 19.6. The summed E-state index contributed by atoms with van der Waals surface area (Å²) in [7, 11) is 2.71. The van der Waals surface area contributed by atoms with Crippen LogP contribution >= 0.6 is 0 Å². The summed E-state index contributed by atoms with van der Waals surface area (Å²) < 4.78 is 102. The third kappa shape index (κ3) is 7.23. The molecule has 3 rings (SSSR count). The average Bonchev–Trinajstić information content (AvgIpc) is 2.91. The highest BCUT2D eigenvalue weighted by Gasteiger charge is 2.41. The van der Waals surface area contributed by atoms with Crippen LogP contribution in [0.4, 0.5) is 41.6 Å². The monoisotopic (exact) mass is 608 g/mol. The zero-order valence-corrected chi connectivity index (χ0v) is 23.4. The number of fused-ring (bicyclic) bond motifs is 1. The number of hydroxylamine groups is 1. The van der Waals surface area contributed by atoms with E-state index in [1.165, 1.54) is 38.3 Å². The van der Waals surface area contributed by atoms with Crippen LogP contribution in [-0.4, -0.2) is 50.6 Å². The average molecular weight is 609 g/mol. The highest BCUT2D eigenvalue weighted by Crippen LogP contribution is 2.47. The standard InChI is InChI=1S/C27H30F6N2O7/c1-6-40-24(36)34(14-16-9-17(26(28,29)30)11-18(10-16)27(31,32)33)20-8-15(3)35(42-25(37)41-7-2)21-13-23(39-5)22(38-4)12-19(20)21/h9-13,15,20H,6-8,14H2,1-5H3/t15-,20+/m1/s1. The van der Waals surface area contributed by atoms with Gasteiger partial charge in [0.15, 0.2) is 11.5 Å². The maximum absolute atomic E-state index is 13.6. The lowest BCUT2D eigenvalue weighted by molar-refractivity contribution is -0.143. The molecule has 15 heteroatoms. The minimum Gasteiger partial charge on any atom is -0.493 e. The molecule has 0 bridgehead atoms. The Morgan fingerprint density at radius 3 is 1.93 bits per heavy atom. The van der Waals surface area contributed by atoms with E-state index in [2.05, 4.69) is 0 Å². The molecule has 0 saturated heterocycles. The third-order valence-electron chi connectivity index (χ3n) is 6.41. The van der Waals surface area contributed by atoms with Crippen LogP contribution in [0, 0.1) is 0 Å². The van der Waals surface area contributed by atoms with E-state index >= 15 is 0 Å². The Kier molecular flexibility index (Phi) is 9.94. The summed E-state index contributed by atoms with van der Waals surface area (Å²) in [4.78, 5) is 31.9. The molecule has 2 aromatic carbocycles. The van der Waals surface area contributed by atoms with Crippen LogP contribution in [0.5, 0.6) is 11.5 Å². The summed E-state index contributed by atoms with van der Waals surface area (Å²) in [6.45, 7) is 3.95. The number of carbonyl (C=O) groups excluding carboxylic acids is 2. The molecule has 1 aliphatic rings. The number of amides is 1. The van der Waals surface area contributed by atoms with Gasteiger partial charge < -0.3 is 23.8 Å². The number of methoxy groups -OCH3 is 2. The zero-order chi connectivity index (χ0) is 31.4. The van der Waals surface area contributed by atoms with E-state index < -0.39 is 59.9 Å². The first kappa shape index (κ1) is 32.5. The Morgan fingerprint density at radius 2 is 1.43 bits per heavy atom. The molecule has 0 aromatic heterocycles. The van der Waals surface area contributed by atoms with Crippen LogP contribution in [0.3, 0.4) is 0 Å². The van der Waals surface area contributed by atoms with E-state index in [4.69, 9.17) is 23.8 Å². The fourth-order valence-electron chi connectivity index (χ4n) is 4.60. The van der Waals surface area contributed by atoms with Gasteiger partial charge in [-0.3, -0.25) is 4.90 Å². The van der Waals surface area contributed by atoms with Crippen molar-refractivity contribution in [3.63, 3.8) is 0 Å². The van der Waals surface area contributed by atoms with E-state index in [1.54, 1.807) is 13.8 Å². The van der Waals surface area contributed by atoms with Gasteiger partial charge in [-0.2, -0.15) is 31.4 Å². The van der Waals surface area contributed by atoms with Gasteiger partial charge in [0.05, 0.1) is 56.3 Å². The van der Waals surface area contributed by atoms with Crippen LogP contribution < -0.4 is 14.5 Å². The highest BCUT2D eigenvalue weighted by molar-refractivity contribution is 5.72. The summed E-state index contributed by atoms with van der Waals surface area (Å²) in [5, 5.41) is 1.22. The van der Waals surface area contributed by atoms with E-state index in [0.717, 1.165) is 4.90 Å². The van der Waals surface area contributed by atoms with Crippen molar-refractivity contribution in [3.05, 3.63) is 52.6 Å². The molecule has 0 saturated carbocycles. The van der Waals surface area contributed by atoms with Crippen LogP contribution in [-0.2, 0) is 33.2 Å². The van der Waals surface area contributed by atoms with Crippen LogP contribution in [0.25, 0.3) is 0 Å². The topological polar surface area (TPSA) is 86.8 Å². The first-order valence-electron chi connectivity index (χ1n) is 12.8. The predicted molar refractivity (Wildman–Crippen MR) is 136 cm³/mol. The second-order valence-corrected chi connectivity index (χ2v) is 9.21. The van der Waals surface area contributed by atoms with Gasteiger partial charge in [-0.15, -0.1) is 0 Å². The molecule has 0 spiro atoms. The number of carbonyl (C=O) groups is 2. The number of hydrogen-bond acceptors (Lipinski definition) is 8. The van der Waals surface area contributed by atoms with E-state index in [-0.39, 0.29) is 42.9 Å². The molecular formula is C27H30F6N2O7. The van der Waals surface area contributed by atoms with Crippen LogP contribution in [0.1, 0.15) is 55.5 Å². The van der Waals surface area contributed by atoms with Crippen molar-refractivity contribution in [2.75, 3.05) is 32.5 Å². The van der Waals surface area contributed by atoms with Crippen molar-refractivity contribution in [2.45, 2.75) is 58.2 Å². The molecular weight excluding hydrogens is 578 g/mol. The lowest BCUT2D eigenvalue weighted by Crippen LogP contribution is -2.46. The SMILES string of the molecule is CCOC(=O)ON1c2cc(OC)c(OC)cc2[C@@H](N(Cc2cc(C(F)(F)F)cc(C(F)(F)F)c2)C(=O)OCC)C[C@H]1C. The Bertz CT molecular complexity index is 1250. The maximum Gasteiger partial charge on any atom is 0.533 e. The van der Waals surface area contributed by atoms with E-state index in [1.807, 2.05) is 0 Å². The summed E-state index contributed by atoms with van der Waals surface area (Å²) in [5.41, 5.74) is -2.95. The van der Waals surface area contributed by atoms with E-state index in [0.29, 0.717) is 17.7 Å². The van der Waals surface area contributed by atoms with Gasteiger partial charge >= 0.3 is 24.6 Å². The quantitative estimate of drug-likeness (QED) is 0.231. The number of ether oxygens (including phenoxy) is 4. The summed E-state index contributed by atoms with van der Waals surface area (Å²) in [5.74, 6) is 0.422. The molecule has 0 unspecified atom stereocenters. The fraction of sp³-hybridized carbons (Fsp3) is 0.481.